The predicted molar refractivity (Wildman–Crippen MR) is 106 cm³/mol. The zero-order chi connectivity index (χ0) is 20.1. The molecule has 0 aliphatic carbocycles. The van der Waals surface area contributed by atoms with Crippen LogP contribution in [0.1, 0.15) is 12.0 Å². The van der Waals surface area contributed by atoms with Gasteiger partial charge < -0.3 is 13.9 Å². The van der Waals surface area contributed by atoms with Crippen molar-refractivity contribution in [1.82, 2.24) is 9.55 Å². The first-order valence-electron chi connectivity index (χ1n) is 9.10. The maximum atomic E-state index is 12.2. The minimum absolute atomic E-state index is 0.0507. The molecule has 0 aliphatic rings. The van der Waals surface area contributed by atoms with Crippen LogP contribution in [0.5, 0.6) is 11.5 Å². The van der Waals surface area contributed by atoms with E-state index in [2.05, 4.69) is 4.98 Å². The Morgan fingerprint density at radius 3 is 2.72 bits per heavy atom. The van der Waals surface area contributed by atoms with Gasteiger partial charge in [0, 0.05) is 18.3 Å². The highest BCUT2D eigenvalue weighted by Crippen LogP contribution is 2.25. The number of esters is 1. The van der Waals surface area contributed by atoms with Crippen LogP contribution in [0.4, 0.5) is 0 Å². The third kappa shape index (κ3) is 4.35. The minimum Gasteiger partial charge on any atom is -0.461 e. The van der Waals surface area contributed by atoms with E-state index in [4.69, 9.17) is 13.9 Å². The van der Waals surface area contributed by atoms with E-state index in [1.165, 1.54) is 4.57 Å². The van der Waals surface area contributed by atoms with Gasteiger partial charge in [-0.1, -0.05) is 30.3 Å². The molecule has 2 aromatic carbocycles. The Balaban J connectivity index is 1.38. The Kier molecular flexibility index (Phi) is 5.38. The number of carbonyl (C=O) groups is 1. The van der Waals surface area contributed by atoms with Crippen LogP contribution in [0.25, 0.3) is 11.1 Å². The van der Waals surface area contributed by atoms with Gasteiger partial charge in [-0.2, -0.15) is 0 Å². The molecule has 0 spiro atoms. The molecule has 2 aromatic heterocycles. The Morgan fingerprint density at radius 2 is 1.86 bits per heavy atom. The average molecular weight is 390 g/mol. The smallest absolute Gasteiger partial charge is 0.419 e. The number of ether oxygens (including phenoxy) is 2. The number of aromatic nitrogens is 2. The fraction of sp³-hybridized carbons (Fsp3) is 0.136. The topological polar surface area (TPSA) is 83.6 Å². The number of pyridine rings is 1. The lowest BCUT2D eigenvalue weighted by Gasteiger charge is -2.11. The highest BCUT2D eigenvalue weighted by Gasteiger charge is 2.12. The Hall–Kier alpha value is -3.87. The zero-order valence-corrected chi connectivity index (χ0v) is 15.5. The van der Waals surface area contributed by atoms with Crippen LogP contribution in [-0.2, 0) is 22.7 Å². The van der Waals surface area contributed by atoms with Crippen molar-refractivity contribution in [2.24, 2.45) is 0 Å². The van der Waals surface area contributed by atoms with Crippen LogP contribution >= 0.6 is 0 Å². The fourth-order valence-corrected chi connectivity index (χ4v) is 2.92. The number of hydrogen-bond acceptors (Lipinski definition) is 6. The third-order valence-electron chi connectivity index (χ3n) is 4.34. The van der Waals surface area contributed by atoms with Gasteiger partial charge >= 0.3 is 11.7 Å². The van der Waals surface area contributed by atoms with Crippen molar-refractivity contribution in [3.63, 3.8) is 0 Å². The summed E-state index contributed by atoms with van der Waals surface area (Å²) >= 11 is 0. The number of carbonyl (C=O) groups excluding carboxylic acids is 1. The molecular formula is C22H18N2O5. The molecule has 4 aromatic rings. The quantitative estimate of drug-likeness (QED) is 0.445. The molecule has 146 valence electrons. The van der Waals surface area contributed by atoms with Gasteiger partial charge in [0.15, 0.2) is 5.58 Å². The summed E-state index contributed by atoms with van der Waals surface area (Å²) in [4.78, 5) is 28.2. The first kappa shape index (κ1) is 18.5. The molecule has 0 amide bonds. The van der Waals surface area contributed by atoms with Crippen LogP contribution in [-0.4, -0.2) is 15.5 Å². The van der Waals surface area contributed by atoms with E-state index in [0.29, 0.717) is 22.6 Å². The molecule has 4 rings (SSSR count). The maximum absolute atomic E-state index is 12.2. The Morgan fingerprint density at radius 1 is 1.03 bits per heavy atom. The van der Waals surface area contributed by atoms with E-state index < -0.39 is 11.7 Å². The summed E-state index contributed by atoms with van der Waals surface area (Å²) in [6.45, 7) is 0.249. The van der Waals surface area contributed by atoms with Gasteiger partial charge in [0.25, 0.3) is 0 Å². The Bertz CT molecular complexity index is 1180. The standard InChI is InChI=1S/C22H18N2O5/c25-21(11-13-24-18-8-2-4-10-20(18)29-22(24)26)27-15-16-6-1-3-9-19(16)28-17-7-5-12-23-14-17/h1-10,12,14H,11,13,15H2. The van der Waals surface area contributed by atoms with E-state index in [1.54, 1.807) is 48.8 Å². The molecular weight excluding hydrogens is 372 g/mol. The molecule has 0 saturated heterocycles. The predicted octanol–water partition coefficient (Wildman–Crippen LogP) is 3.92. The van der Waals surface area contributed by atoms with Gasteiger partial charge in [-0.15, -0.1) is 0 Å². The number of fused-ring (bicyclic) bond motifs is 1. The van der Waals surface area contributed by atoms with Crippen molar-refractivity contribution in [2.45, 2.75) is 19.6 Å². The molecule has 0 unspecified atom stereocenters. The monoisotopic (exact) mass is 390 g/mol. The lowest BCUT2D eigenvalue weighted by molar-refractivity contribution is -0.145. The molecule has 0 fully saturated rings. The lowest BCUT2D eigenvalue weighted by atomic mass is 10.2. The normalized spacial score (nSPS) is 10.8. The maximum Gasteiger partial charge on any atom is 0.419 e. The number of benzene rings is 2. The largest absolute Gasteiger partial charge is 0.461 e. The van der Waals surface area contributed by atoms with Crippen molar-refractivity contribution in [3.05, 3.63) is 89.2 Å². The number of rotatable bonds is 7. The highest BCUT2D eigenvalue weighted by atomic mass is 16.5. The first-order chi connectivity index (χ1) is 14.2. The van der Waals surface area contributed by atoms with E-state index in [1.807, 2.05) is 24.3 Å². The van der Waals surface area contributed by atoms with Crippen LogP contribution in [0.2, 0.25) is 0 Å². The highest BCUT2D eigenvalue weighted by molar-refractivity contribution is 5.73. The van der Waals surface area contributed by atoms with Gasteiger partial charge in [0.05, 0.1) is 18.1 Å². The van der Waals surface area contributed by atoms with E-state index in [0.717, 1.165) is 5.56 Å². The number of para-hydroxylation sites is 3. The lowest BCUT2D eigenvalue weighted by Crippen LogP contribution is -2.17. The number of hydrogen-bond donors (Lipinski definition) is 0. The van der Waals surface area contributed by atoms with Gasteiger partial charge in [0.1, 0.15) is 18.1 Å². The Labute approximate surface area is 166 Å². The van der Waals surface area contributed by atoms with E-state index in [9.17, 15) is 9.59 Å². The van der Waals surface area contributed by atoms with Crippen molar-refractivity contribution in [2.75, 3.05) is 0 Å². The molecule has 7 nitrogen and oxygen atoms in total. The summed E-state index contributed by atoms with van der Waals surface area (Å²) in [5.41, 5.74) is 1.88. The molecule has 0 saturated carbocycles. The van der Waals surface area contributed by atoms with Crippen molar-refractivity contribution < 1.29 is 18.7 Å². The fourth-order valence-electron chi connectivity index (χ4n) is 2.92. The molecule has 7 heteroatoms. The van der Waals surface area contributed by atoms with Gasteiger partial charge in [-0.25, -0.2) is 4.79 Å². The molecule has 0 bridgehead atoms. The number of oxazole rings is 1. The molecule has 0 N–H and O–H groups in total. The van der Waals surface area contributed by atoms with E-state index in [-0.39, 0.29) is 19.6 Å². The summed E-state index contributed by atoms with van der Waals surface area (Å²) in [5, 5.41) is 0. The molecule has 29 heavy (non-hydrogen) atoms. The third-order valence-corrected chi connectivity index (χ3v) is 4.34. The second-order valence-electron chi connectivity index (χ2n) is 6.30. The summed E-state index contributed by atoms with van der Waals surface area (Å²) < 4.78 is 17.8. The summed E-state index contributed by atoms with van der Waals surface area (Å²) in [6, 6.07) is 18.0. The van der Waals surface area contributed by atoms with Crippen LogP contribution < -0.4 is 10.5 Å². The van der Waals surface area contributed by atoms with E-state index >= 15 is 0 Å². The number of aryl methyl sites for hydroxylation is 1. The first-order valence-corrected chi connectivity index (χ1v) is 9.10. The van der Waals surface area contributed by atoms with Crippen molar-refractivity contribution in [1.29, 1.82) is 0 Å². The van der Waals surface area contributed by atoms with Gasteiger partial charge in [-0.05, 0) is 30.3 Å². The zero-order valence-electron chi connectivity index (χ0n) is 15.5. The molecule has 0 atom stereocenters. The number of nitrogens with zero attached hydrogens (tertiary/aromatic N) is 2. The van der Waals surface area contributed by atoms with Crippen LogP contribution in [0.3, 0.4) is 0 Å². The molecule has 0 aliphatic heterocycles. The van der Waals surface area contributed by atoms with Crippen molar-refractivity contribution in [3.8, 4) is 11.5 Å². The van der Waals surface area contributed by atoms with Crippen molar-refractivity contribution >= 4 is 17.1 Å². The molecule has 2 heterocycles. The summed E-state index contributed by atoms with van der Waals surface area (Å²) in [5.74, 6) is 0.274. The minimum atomic E-state index is -0.491. The summed E-state index contributed by atoms with van der Waals surface area (Å²) in [6.07, 6.45) is 3.32. The van der Waals surface area contributed by atoms with Gasteiger partial charge in [0.2, 0.25) is 0 Å². The second-order valence-corrected chi connectivity index (χ2v) is 6.30. The van der Waals surface area contributed by atoms with Gasteiger partial charge in [-0.3, -0.25) is 14.3 Å². The summed E-state index contributed by atoms with van der Waals surface area (Å²) in [7, 11) is 0. The SMILES string of the molecule is O=C(CCn1c(=O)oc2ccccc21)OCc1ccccc1Oc1cccnc1. The average Bonchev–Trinajstić information content (AvgIpc) is 3.07. The van der Waals surface area contributed by atoms with Crippen LogP contribution in [0, 0.1) is 0 Å². The van der Waals surface area contributed by atoms with Crippen LogP contribution in [0.15, 0.2) is 82.3 Å². The second kappa shape index (κ2) is 8.43. The molecule has 0 radical (unpaired) electrons.